The molecular weight excluding hydrogens is 360 g/mol. The summed E-state index contributed by atoms with van der Waals surface area (Å²) in [6, 6.07) is 7.63. The van der Waals surface area contributed by atoms with E-state index in [1.165, 1.54) is 6.42 Å². The lowest BCUT2D eigenvalue weighted by atomic mass is 10.1. The summed E-state index contributed by atoms with van der Waals surface area (Å²) in [5, 5.41) is 12.6. The molecule has 0 fully saturated rings. The van der Waals surface area contributed by atoms with Gasteiger partial charge in [-0.15, -0.1) is 21.5 Å². The van der Waals surface area contributed by atoms with E-state index in [-0.39, 0.29) is 6.03 Å². The normalized spacial score (nSPS) is 13.3. The number of aryl methyl sites for hydroxylation is 2. The third kappa shape index (κ3) is 3.85. The molecule has 1 aliphatic heterocycles. The minimum absolute atomic E-state index is 0.145. The van der Waals surface area contributed by atoms with Gasteiger partial charge in [-0.25, -0.2) is 9.78 Å². The molecule has 8 heteroatoms. The Bertz CT molecular complexity index is 946. The predicted octanol–water partition coefficient (Wildman–Crippen LogP) is 3.71. The lowest BCUT2D eigenvalue weighted by molar-refractivity contribution is 0.221. The Balaban J connectivity index is 1.41. The van der Waals surface area contributed by atoms with Crippen LogP contribution in [-0.4, -0.2) is 37.7 Å². The number of rotatable bonds is 4. The number of benzene rings is 1. The number of carbonyl (C=O) groups excluding carboxylic acids is 1. The first-order chi connectivity index (χ1) is 13.1. The zero-order chi connectivity index (χ0) is 18.8. The molecule has 1 aromatic carbocycles. The van der Waals surface area contributed by atoms with Gasteiger partial charge in [-0.1, -0.05) is 0 Å². The second-order valence-electron chi connectivity index (χ2n) is 6.76. The van der Waals surface area contributed by atoms with Gasteiger partial charge in [-0.2, -0.15) is 0 Å². The average Bonchev–Trinajstić information content (AvgIpc) is 3.28. The van der Waals surface area contributed by atoms with Crippen LogP contribution in [0, 0.1) is 6.92 Å². The van der Waals surface area contributed by atoms with Gasteiger partial charge in [0.25, 0.3) is 0 Å². The molecule has 4 rings (SSSR count). The number of nitrogens with zero attached hydrogens (tertiary/aromatic N) is 5. The van der Waals surface area contributed by atoms with Crippen molar-refractivity contribution in [2.24, 2.45) is 0 Å². The minimum Gasteiger partial charge on any atom is -0.322 e. The van der Waals surface area contributed by atoms with Crippen molar-refractivity contribution in [3.05, 3.63) is 46.2 Å². The third-order valence-electron chi connectivity index (χ3n) is 4.66. The van der Waals surface area contributed by atoms with Gasteiger partial charge >= 0.3 is 6.03 Å². The summed E-state index contributed by atoms with van der Waals surface area (Å²) in [7, 11) is 1.78. The summed E-state index contributed by atoms with van der Waals surface area (Å²) in [6.07, 6.45) is 5.15. The molecule has 1 N–H and O–H groups in total. The number of nitrogens with one attached hydrogen (secondary N) is 1. The van der Waals surface area contributed by atoms with Gasteiger partial charge in [0, 0.05) is 42.3 Å². The summed E-state index contributed by atoms with van der Waals surface area (Å²) in [5.41, 5.74) is 1.77. The van der Waals surface area contributed by atoms with E-state index < -0.39 is 0 Å². The first kappa shape index (κ1) is 17.7. The molecule has 2 amide bonds. The fraction of sp³-hybridized carbons (Fsp3) is 0.368. The third-order valence-corrected chi connectivity index (χ3v) is 5.56. The van der Waals surface area contributed by atoms with Gasteiger partial charge in [0.05, 0.1) is 11.6 Å². The van der Waals surface area contributed by atoms with Crippen molar-refractivity contribution in [3.63, 3.8) is 0 Å². The summed E-state index contributed by atoms with van der Waals surface area (Å²) in [5.74, 6) is 1.97. The van der Waals surface area contributed by atoms with E-state index in [1.807, 2.05) is 37.4 Å². The Morgan fingerprint density at radius 3 is 2.81 bits per heavy atom. The fourth-order valence-corrected chi connectivity index (χ4v) is 4.08. The van der Waals surface area contributed by atoms with Crippen molar-refractivity contribution < 1.29 is 4.79 Å². The van der Waals surface area contributed by atoms with Crippen LogP contribution in [0.1, 0.15) is 28.6 Å². The molecule has 0 aliphatic carbocycles. The maximum absolute atomic E-state index is 12.4. The number of carbonyl (C=O) groups is 1. The van der Waals surface area contributed by atoms with Gasteiger partial charge in [-0.05, 0) is 44.0 Å². The predicted molar refractivity (Wildman–Crippen MR) is 106 cm³/mol. The number of hydrogen-bond donors (Lipinski definition) is 1. The first-order valence-corrected chi connectivity index (χ1v) is 9.88. The van der Waals surface area contributed by atoms with Crippen molar-refractivity contribution in [1.29, 1.82) is 0 Å². The standard InChI is InChI=1S/C19H22N6OS/c1-13-20-11-16(27-13)12-24(2)19(26)21-15-8-6-14(7-9-15)18-23-22-17-5-3-4-10-25(17)18/h6-9,11H,3-5,10,12H2,1-2H3,(H,21,26). The van der Waals surface area contributed by atoms with Crippen LogP contribution < -0.4 is 5.32 Å². The topological polar surface area (TPSA) is 75.9 Å². The molecule has 0 spiro atoms. The van der Waals surface area contributed by atoms with Gasteiger partial charge in [0.15, 0.2) is 5.82 Å². The number of anilines is 1. The van der Waals surface area contributed by atoms with E-state index >= 15 is 0 Å². The lowest BCUT2D eigenvalue weighted by Crippen LogP contribution is -2.30. The second kappa shape index (κ2) is 7.48. The SMILES string of the molecule is Cc1ncc(CN(C)C(=O)Nc2ccc(-c3nnc4n3CCCC4)cc2)s1. The molecule has 3 heterocycles. The number of urea groups is 1. The zero-order valence-electron chi connectivity index (χ0n) is 15.5. The Labute approximate surface area is 162 Å². The molecule has 1 aliphatic rings. The van der Waals surface area contributed by atoms with E-state index in [1.54, 1.807) is 23.3 Å². The van der Waals surface area contributed by atoms with Crippen molar-refractivity contribution in [1.82, 2.24) is 24.6 Å². The highest BCUT2D eigenvalue weighted by atomic mass is 32.1. The van der Waals surface area contributed by atoms with E-state index in [0.717, 1.165) is 52.2 Å². The van der Waals surface area contributed by atoms with Crippen molar-refractivity contribution in [2.45, 2.75) is 39.3 Å². The second-order valence-corrected chi connectivity index (χ2v) is 8.08. The van der Waals surface area contributed by atoms with Crippen molar-refractivity contribution in [2.75, 3.05) is 12.4 Å². The number of hydrogen-bond acceptors (Lipinski definition) is 5. The van der Waals surface area contributed by atoms with E-state index in [2.05, 4.69) is 25.1 Å². The van der Waals surface area contributed by atoms with Crippen LogP contribution in [-0.2, 0) is 19.5 Å². The number of fused-ring (bicyclic) bond motifs is 1. The molecule has 140 valence electrons. The highest BCUT2D eigenvalue weighted by Gasteiger charge is 2.17. The van der Waals surface area contributed by atoms with Gasteiger partial charge in [-0.3, -0.25) is 0 Å². The molecule has 0 saturated carbocycles. The lowest BCUT2D eigenvalue weighted by Gasteiger charge is -2.17. The molecule has 0 radical (unpaired) electrons. The summed E-state index contributed by atoms with van der Waals surface area (Å²) in [4.78, 5) is 19.3. The average molecular weight is 382 g/mol. The first-order valence-electron chi connectivity index (χ1n) is 9.06. The Morgan fingerprint density at radius 2 is 2.07 bits per heavy atom. The molecule has 0 bridgehead atoms. The van der Waals surface area contributed by atoms with Crippen LogP contribution in [0.2, 0.25) is 0 Å². The fourth-order valence-electron chi connectivity index (χ4n) is 3.23. The minimum atomic E-state index is -0.145. The van der Waals surface area contributed by atoms with Crippen LogP contribution in [0.5, 0.6) is 0 Å². The molecule has 27 heavy (non-hydrogen) atoms. The van der Waals surface area contributed by atoms with Gasteiger partial charge in [0.1, 0.15) is 5.82 Å². The van der Waals surface area contributed by atoms with E-state index in [4.69, 9.17) is 0 Å². The van der Waals surface area contributed by atoms with E-state index in [0.29, 0.717) is 6.54 Å². The Hall–Kier alpha value is -2.74. The number of amides is 2. The van der Waals surface area contributed by atoms with Crippen molar-refractivity contribution in [3.8, 4) is 11.4 Å². The molecular formula is C19H22N6OS. The highest BCUT2D eigenvalue weighted by molar-refractivity contribution is 7.11. The molecule has 0 atom stereocenters. The maximum atomic E-state index is 12.4. The number of thiazole rings is 1. The summed E-state index contributed by atoms with van der Waals surface area (Å²) < 4.78 is 2.20. The molecule has 7 nitrogen and oxygen atoms in total. The van der Waals surface area contributed by atoms with Gasteiger partial charge in [0.2, 0.25) is 0 Å². The molecule has 0 saturated heterocycles. The Kier molecular flexibility index (Phi) is 4.89. The van der Waals surface area contributed by atoms with Crippen molar-refractivity contribution >= 4 is 23.1 Å². The maximum Gasteiger partial charge on any atom is 0.321 e. The van der Waals surface area contributed by atoms with Crippen LogP contribution in [0.4, 0.5) is 10.5 Å². The van der Waals surface area contributed by atoms with Crippen LogP contribution in [0.15, 0.2) is 30.5 Å². The molecule has 2 aromatic heterocycles. The van der Waals surface area contributed by atoms with Crippen LogP contribution in [0.3, 0.4) is 0 Å². The smallest absolute Gasteiger partial charge is 0.321 e. The molecule has 0 unspecified atom stereocenters. The monoisotopic (exact) mass is 382 g/mol. The zero-order valence-corrected chi connectivity index (χ0v) is 16.3. The van der Waals surface area contributed by atoms with Crippen LogP contribution >= 0.6 is 11.3 Å². The van der Waals surface area contributed by atoms with E-state index in [9.17, 15) is 4.79 Å². The van der Waals surface area contributed by atoms with Crippen LogP contribution in [0.25, 0.3) is 11.4 Å². The van der Waals surface area contributed by atoms with Gasteiger partial charge < -0.3 is 14.8 Å². The molecule has 3 aromatic rings. The number of aromatic nitrogens is 4. The highest BCUT2D eigenvalue weighted by Crippen LogP contribution is 2.24. The quantitative estimate of drug-likeness (QED) is 0.746. The largest absolute Gasteiger partial charge is 0.322 e. The summed E-state index contributed by atoms with van der Waals surface area (Å²) >= 11 is 1.60. The Morgan fingerprint density at radius 1 is 1.26 bits per heavy atom. The summed E-state index contributed by atoms with van der Waals surface area (Å²) in [6.45, 7) is 3.47.